The van der Waals surface area contributed by atoms with Gasteiger partial charge in [-0.3, -0.25) is 9.59 Å². The van der Waals surface area contributed by atoms with Crippen molar-refractivity contribution in [2.45, 2.75) is 25.3 Å². The first-order valence-corrected chi connectivity index (χ1v) is 6.38. The molecule has 0 radical (unpaired) electrons. The van der Waals surface area contributed by atoms with Crippen LogP contribution in [0.25, 0.3) is 0 Å². The molecule has 0 aromatic carbocycles. The molecule has 100 valence electrons. The van der Waals surface area contributed by atoms with Crippen molar-refractivity contribution in [1.82, 2.24) is 15.5 Å². The third-order valence-electron chi connectivity index (χ3n) is 3.64. The molecule has 1 heterocycles. The molecule has 1 spiro atoms. The predicted octanol–water partition coefficient (Wildman–Crippen LogP) is -0.111. The molecule has 0 aromatic rings. The van der Waals surface area contributed by atoms with Gasteiger partial charge < -0.3 is 15.5 Å². The fourth-order valence-corrected chi connectivity index (χ4v) is 2.75. The molecule has 2 amide bonds. The highest BCUT2D eigenvalue weighted by molar-refractivity contribution is 5.88. The van der Waals surface area contributed by atoms with Crippen LogP contribution in [0.2, 0.25) is 0 Å². The maximum absolute atomic E-state index is 11.6. The van der Waals surface area contributed by atoms with Gasteiger partial charge in [0, 0.05) is 37.0 Å². The van der Waals surface area contributed by atoms with Gasteiger partial charge in [-0.25, -0.2) is 0 Å². The van der Waals surface area contributed by atoms with Crippen LogP contribution in [-0.2, 0) is 9.59 Å². The van der Waals surface area contributed by atoms with Gasteiger partial charge in [-0.2, -0.15) is 0 Å². The fourth-order valence-electron chi connectivity index (χ4n) is 2.75. The Labute approximate surface area is 108 Å². The molecule has 0 atom stereocenters. The highest BCUT2D eigenvalue weighted by Crippen LogP contribution is 2.45. The van der Waals surface area contributed by atoms with Crippen molar-refractivity contribution in [2.75, 3.05) is 27.2 Å². The minimum absolute atomic E-state index is 0.0333. The predicted molar refractivity (Wildman–Crippen MR) is 68.9 cm³/mol. The molecule has 2 aliphatic rings. The zero-order valence-corrected chi connectivity index (χ0v) is 11.0. The summed E-state index contributed by atoms with van der Waals surface area (Å²) in [5.41, 5.74) is 0.127. The zero-order chi connectivity index (χ0) is 13.2. The summed E-state index contributed by atoms with van der Waals surface area (Å²) in [6.07, 6.45) is 5.89. The first kappa shape index (κ1) is 13.1. The van der Waals surface area contributed by atoms with Gasteiger partial charge in [0.1, 0.15) is 0 Å². The summed E-state index contributed by atoms with van der Waals surface area (Å²) in [6.45, 7) is 1.54. The van der Waals surface area contributed by atoms with Crippen LogP contribution in [-0.4, -0.2) is 49.9 Å². The van der Waals surface area contributed by atoms with E-state index in [0.29, 0.717) is 6.42 Å². The third kappa shape index (κ3) is 3.10. The second kappa shape index (κ2) is 5.10. The zero-order valence-electron chi connectivity index (χ0n) is 11.0. The monoisotopic (exact) mass is 251 g/mol. The highest BCUT2D eigenvalue weighted by atomic mass is 16.2. The van der Waals surface area contributed by atoms with Gasteiger partial charge in [0.2, 0.25) is 11.8 Å². The van der Waals surface area contributed by atoms with E-state index in [0.717, 1.165) is 25.9 Å². The Morgan fingerprint density at radius 2 is 2.28 bits per heavy atom. The number of hydrogen-bond donors (Lipinski definition) is 2. The van der Waals surface area contributed by atoms with Crippen LogP contribution in [0, 0.1) is 5.41 Å². The molecule has 1 saturated carbocycles. The summed E-state index contributed by atoms with van der Waals surface area (Å²) in [5.74, 6) is 0.111. The van der Waals surface area contributed by atoms with E-state index in [1.807, 2.05) is 25.1 Å². The standard InChI is InChI=1S/C13H21N3O2/c1-16(2)5-3-4-11(17)15-10-6-13(7-10)8-12(18)14-9-13/h3-4,10H,5-9H2,1-2H3,(H,14,18)(H,15,17)/b4-3+. The molecular weight excluding hydrogens is 230 g/mol. The van der Waals surface area contributed by atoms with Gasteiger partial charge in [-0.05, 0) is 26.9 Å². The van der Waals surface area contributed by atoms with E-state index in [1.54, 1.807) is 6.08 Å². The van der Waals surface area contributed by atoms with Crippen molar-refractivity contribution in [2.24, 2.45) is 5.41 Å². The van der Waals surface area contributed by atoms with Gasteiger partial charge in [0.25, 0.3) is 0 Å². The summed E-state index contributed by atoms with van der Waals surface area (Å²) in [6, 6.07) is 0.231. The van der Waals surface area contributed by atoms with Gasteiger partial charge in [-0.1, -0.05) is 6.08 Å². The summed E-state index contributed by atoms with van der Waals surface area (Å²) in [7, 11) is 3.92. The Hall–Kier alpha value is -1.36. The summed E-state index contributed by atoms with van der Waals surface area (Å²) < 4.78 is 0. The minimum atomic E-state index is -0.0333. The molecule has 2 fully saturated rings. The quantitative estimate of drug-likeness (QED) is 0.685. The van der Waals surface area contributed by atoms with Crippen LogP contribution in [0.1, 0.15) is 19.3 Å². The first-order valence-electron chi connectivity index (χ1n) is 6.38. The van der Waals surface area contributed by atoms with Crippen molar-refractivity contribution in [3.05, 3.63) is 12.2 Å². The first-order chi connectivity index (χ1) is 8.49. The Morgan fingerprint density at radius 1 is 1.56 bits per heavy atom. The summed E-state index contributed by atoms with van der Waals surface area (Å²) >= 11 is 0. The molecule has 18 heavy (non-hydrogen) atoms. The normalized spacial score (nSPS) is 30.8. The summed E-state index contributed by atoms with van der Waals surface area (Å²) in [5, 5.41) is 5.83. The van der Waals surface area contributed by atoms with Crippen LogP contribution in [0.5, 0.6) is 0 Å². The second-order valence-electron chi connectivity index (χ2n) is 5.73. The smallest absolute Gasteiger partial charge is 0.243 e. The van der Waals surface area contributed by atoms with E-state index in [1.165, 1.54) is 0 Å². The number of likely N-dealkylation sites (N-methyl/N-ethyl adjacent to an activating group) is 1. The second-order valence-corrected chi connectivity index (χ2v) is 5.73. The number of nitrogens with zero attached hydrogens (tertiary/aromatic N) is 1. The van der Waals surface area contributed by atoms with E-state index in [4.69, 9.17) is 0 Å². The Morgan fingerprint density at radius 3 is 2.83 bits per heavy atom. The Kier molecular flexibility index (Phi) is 3.71. The lowest BCUT2D eigenvalue weighted by Gasteiger charge is -2.44. The number of carbonyl (C=O) groups excluding carboxylic acids is 2. The average molecular weight is 251 g/mol. The number of nitrogens with one attached hydrogen (secondary N) is 2. The topological polar surface area (TPSA) is 61.4 Å². The van der Waals surface area contributed by atoms with Crippen LogP contribution in [0.15, 0.2) is 12.2 Å². The average Bonchev–Trinajstić information content (AvgIpc) is 2.59. The Bertz CT molecular complexity index is 370. The van der Waals surface area contributed by atoms with Crippen molar-refractivity contribution in [1.29, 1.82) is 0 Å². The third-order valence-corrected chi connectivity index (χ3v) is 3.64. The van der Waals surface area contributed by atoms with Crippen molar-refractivity contribution < 1.29 is 9.59 Å². The van der Waals surface area contributed by atoms with Crippen LogP contribution < -0.4 is 10.6 Å². The van der Waals surface area contributed by atoms with Gasteiger partial charge in [-0.15, -0.1) is 0 Å². The molecule has 0 unspecified atom stereocenters. The van der Waals surface area contributed by atoms with Gasteiger partial charge >= 0.3 is 0 Å². The van der Waals surface area contributed by atoms with Gasteiger partial charge in [0.05, 0.1) is 0 Å². The molecule has 0 aromatic heterocycles. The van der Waals surface area contributed by atoms with E-state index >= 15 is 0 Å². The minimum Gasteiger partial charge on any atom is -0.356 e. The van der Waals surface area contributed by atoms with Crippen molar-refractivity contribution in [3.8, 4) is 0 Å². The molecule has 1 aliphatic heterocycles. The fraction of sp³-hybridized carbons (Fsp3) is 0.692. The molecule has 1 saturated heterocycles. The van der Waals surface area contributed by atoms with Crippen LogP contribution in [0.3, 0.4) is 0 Å². The van der Waals surface area contributed by atoms with Crippen LogP contribution >= 0.6 is 0 Å². The SMILES string of the molecule is CN(C)C/C=C/C(=O)NC1CC2(CNC(=O)C2)C1. The van der Waals surface area contributed by atoms with E-state index in [2.05, 4.69) is 10.6 Å². The summed E-state index contributed by atoms with van der Waals surface area (Å²) in [4.78, 5) is 24.8. The number of hydrogen-bond acceptors (Lipinski definition) is 3. The molecule has 2 rings (SSSR count). The van der Waals surface area contributed by atoms with Crippen LogP contribution in [0.4, 0.5) is 0 Å². The maximum atomic E-state index is 11.6. The van der Waals surface area contributed by atoms with E-state index < -0.39 is 0 Å². The molecule has 5 nitrogen and oxygen atoms in total. The van der Waals surface area contributed by atoms with Gasteiger partial charge in [0.15, 0.2) is 0 Å². The molecule has 5 heteroatoms. The lowest BCUT2D eigenvalue weighted by atomic mass is 9.65. The van der Waals surface area contributed by atoms with E-state index in [9.17, 15) is 9.59 Å². The molecular formula is C13H21N3O2. The highest BCUT2D eigenvalue weighted by Gasteiger charge is 2.49. The van der Waals surface area contributed by atoms with E-state index in [-0.39, 0.29) is 23.3 Å². The Balaban J connectivity index is 1.69. The number of amides is 2. The van der Waals surface area contributed by atoms with Crippen molar-refractivity contribution >= 4 is 11.8 Å². The molecule has 2 N–H and O–H groups in total. The lowest BCUT2D eigenvalue weighted by Crippen LogP contribution is -2.51. The number of rotatable bonds is 4. The lowest BCUT2D eigenvalue weighted by molar-refractivity contribution is -0.120. The molecule has 1 aliphatic carbocycles. The van der Waals surface area contributed by atoms with Crippen molar-refractivity contribution in [3.63, 3.8) is 0 Å². The largest absolute Gasteiger partial charge is 0.356 e. The maximum Gasteiger partial charge on any atom is 0.243 e. The number of carbonyl (C=O) groups is 2. The molecule has 0 bridgehead atoms.